The predicted molar refractivity (Wildman–Crippen MR) is 85.9 cm³/mol. The Kier molecular flexibility index (Phi) is 3.38. The van der Waals surface area contributed by atoms with Crippen molar-refractivity contribution in [2.75, 3.05) is 18.0 Å². The lowest BCUT2D eigenvalue weighted by Gasteiger charge is -2.31. The third-order valence-electron chi connectivity index (χ3n) is 3.99. The Balaban J connectivity index is 1.92. The molecule has 0 spiro atoms. The summed E-state index contributed by atoms with van der Waals surface area (Å²) in [5, 5.41) is 5.66. The van der Waals surface area contributed by atoms with Gasteiger partial charge in [-0.25, -0.2) is 19.6 Å². The molecule has 0 radical (unpaired) electrons. The zero-order valence-electron chi connectivity index (χ0n) is 12.7. The highest BCUT2D eigenvalue weighted by Crippen LogP contribution is 2.32. The first-order valence-electron chi connectivity index (χ1n) is 7.43. The maximum absolute atomic E-state index is 13.6. The second kappa shape index (κ2) is 5.34. The van der Waals surface area contributed by atoms with Crippen LogP contribution in [0.25, 0.3) is 16.7 Å². The van der Waals surface area contributed by atoms with E-state index in [-0.39, 0.29) is 11.5 Å². The van der Waals surface area contributed by atoms with Gasteiger partial charge in [0.1, 0.15) is 17.2 Å². The molecule has 0 aromatic carbocycles. The highest BCUT2D eigenvalue weighted by molar-refractivity contribution is 6.30. The van der Waals surface area contributed by atoms with E-state index in [0.717, 1.165) is 44.0 Å². The molecule has 3 aromatic rings. The molecule has 3 aromatic heterocycles. The van der Waals surface area contributed by atoms with Gasteiger partial charge in [0.25, 0.3) is 5.92 Å². The summed E-state index contributed by atoms with van der Waals surface area (Å²) in [6.07, 6.45) is 3.85. The minimum absolute atomic E-state index is 0.264. The zero-order valence-corrected chi connectivity index (χ0v) is 13.5. The molecule has 1 aliphatic rings. The average molecular weight is 351 g/mol. The first kappa shape index (κ1) is 15.2. The molecule has 0 aliphatic carbocycles. The van der Waals surface area contributed by atoms with E-state index in [4.69, 9.17) is 11.6 Å². The number of hydrogen-bond acceptors (Lipinski definition) is 5. The summed E-state index contributed by atoms with van der Waals surface area (Å²) in [5.41, 5.74) is 0.308. The van der Waals surface area contributed by atoms with Gasteiger partial charge in [-0.2, -0.15) is 8.78 Å². The van der Waals surface area contributed by atoms with Crippen molar-refractivity contribution < 1.29 is 8.78 Å². The topological polar surface area (TPSA) is 59.7 Å². The number of anilines is 1. The Morgan fingerprint density at radius 2 is 1.96 bits per heavy atom. The van der Waals surface area contributed by atoms with Gasteiger partial charge in [-0.15, -0.1) is 5.10 Å². The smallest absolute Gasteiger partial charge is 0.287 e. The number of rotatable bonds is 3. The van der Waals surface area contributed by atoms with Crippen LogP contribution in [0.3, 0.4) is 0 Å². The molecular weight excluding hydrogens is 338 g/mol. The summed E-state index contributed by atoms with van der Waals surface area (Å²) in [4.78, 5) is 14.0. The SMILES string of the molecule is CC(F)(F)c1cc(-n2nc(N3CCC3)c3cnc(Cl)cc32)ncn1. The van der Waals surface area contributed by atoms with E-state index in [0.29, 0.717) is 10.7 Å². The molecule has 124 valence electrons. The van der Waals surface area contributed by atoms with Crippen molar-refractivity contribution >= 4 is 28.3 Å². The zero-order chi connectivity index (χ0) is 16.9. The summed E-state index contributed by atoms with van der Waals surface area (Å²) in [6, 6.07) is 2.89. The lowest BCUT2D eigenvalue weighted by molar-refractivity contribution is 0.0126. The molecule has 0 bridgehead atoms. The number of hydrogen-bond donors (Lipinski definition) is 0. The Labute approximate surface area is 141 Å². The van der Waals surface area contributed by atoms with E-state index in [2.05, 4.69) is 25.0 Å². The highest BCUT2D eigenvalue weighted by atomic mass is 35.5. The third-order valence-corrected chi connectivity index (χ3v) is 4.19. The fraction of sp³-hybridized carbons (Fsp3) is 0.333. The van der Waals surface area contributed by atoms with Crippen LogP contribution in [-0.4, -0.2) is 37.8 Å². The minimum atomic E-state index is -3.06. The van der Waals surface area contributed by atoms with Crippen LogP contribution in [0.4, 0.5) is 14.6 Å². The normalized spacial score (nSPS) is 14.9. The molecule has 9 heteroatoms. The second-order valence-electron chi connectivity index (χ2n) is 5.75. The lowest BCUT2D eigenvalue weighted by atomic mass is 10.2. The summed E-state index contributed by atoms with van der Waals surface area (Å²) >= 11 is 6.00. The summed E-state index contributed by atoms with van der Waals surface area (Å²) < 4.78 is 28.6. The molecule has 1 saturated heterocycles. The Bertz CT molecular complexity index is 916. The second-order valence-corrected chi connectivity index (χ2v) is 6.14. The van der Waals surface area contributed by atoms with Gasteiger partial charge in [0, 0.05) is 38.3 Å². The van der Waals surface area contributed by atoms with Gasteiger partial charge in [-0.1, -0.05) is 11.6 Å². The number of fused-ring (bicyclic) bond motifs is 1. The monoisotopic (exact) mass is 350 g/mol. The van der Waals surface area contributed by atoms with Crippen molar-refractivity contribution in [2.24, 2.45) is 0 Å². The van der Waals surface area contributed by atoms with E-state index < -0.39 is 5.92 Å². The maximum atomic E-state index is 13.6. The Hall–Kier alpha value is -2.35. The standard InChI is InChI=1S/C15H13ClF2N6/c1-15(17,18)11-6-13(21-8-20-11)24-10-5-12(16)19-7-9(10)14(22-24)23-3-2-4-23/h5-8H,2-4H2,1H3. The average Bonchev–Trinajstić information content (AvgIpc) is 2.83. The van der Waals surface area contributed by atoms with Crippen LogP contribution < -0.4 is 4.90 Å². The number of pyridine rings is 1. The molecule has 0 amide bonds. The number of aromatic nitrogens is 5. The van der Waals surface area contributed by atoms with Gasteiger partial charge < -0.3 is 4.90 Å². The van der Waals surface area contributed by atoms with Crippen molar-refractivity contribution in [3.05, 3.63) is 35.5 Å². The van der Waals surface area contributed by atoms with Crippen LogP contribution in [0.15, 0.2) is 24.7 Å². The Morgan fingerprint density at radius 1 is 1.17 bits per heavy atom. The molecule has 0 unspecified atom stereocenters. The van der Waals surface area contributed by atoms with E-state index >= 15 is 0 Å². The van der Waals surface area contributed by atoms with Crippen molar-refractivity contribution in [2.45, 2.75) is 19.3 Å². The highest BCUT2D eigenvalue weighted by Gasteiger charge is 2.28. The number of nitrogens with zero attached hydrogens (tertiary/aromatic N) is 6. The van der Waals surface area contributed by atoms with Gasteiger partial charge in [-0.3, -0.25) is 0 Å². The van der Waals surface area contributed by atoms with Gasteiger partial charge in [0.15, 0.2) is 11.6 Å². The molecule has 4 rings (SSSR count). The van der Waals surface area contributed by atoms with Crippen LogP contribution in [-0.2, 0) is 5.92 Å². The lowest BCUT2D eigenvalue weighted by Crippen LogP contribution is -2.37. The fourth-order valence-corrected chi connectivity index (χ4v) is 2.76. The van der Waals surface area contributed by atoms with Crippen LogP contribution in [0.5, 0.6) is 0 Å². The third kappa shape index (κ3) is 2.47. The molecule has 6 nitrogen and oxygen atoms in total. The first-order valence-corrected chi connectivity index (χ1v) is 7.81. The molecule has 1 fully saturated rings. The van der Waals surface area contributed by atoms with Crippen LogP contribution in [0.2, 0.25) is 5.15 Å². The molecule has 0 atom stereocenters. The molecule has 0 saturated carbocycles. The largest absolute Gasteiger partial charge is 0.354 e. The number of halogens is 3. The quantitative estimate of drug-likeness (QED) is 0.679. The van der Waals surface area contributed by atoms with Crippen LogP contribution in [0.1, 0.15) is 19.0 Å². The van der Waals surface area contributed by atoms with Crippen molar-refractivity contribution in [1.82, 2.24) is 24.7 Å². The van der Waals surface area contributed by atoms with Gasteiger partial charge in [-0.05, 0) is 6.42 Å². The summed E-state index contributed by atoms with van der Waals surface area (Å²) in [6.45, 7) is 2.60. The molecule has 1 aliphatic heterocycles. The Morgan fingerprint density at radius 3 is 2.62 bits per heavy atom. The predicted octanol–water partition coefficient (Wildman–Crippen LogP) is 3.19. The molecule has 0 N–H and O–H groups in total. The summed E-state index contributed by atoms with van der Waals surface area (Å²) in [7, 11) is 0. The maximum Gasteiger partial charge on any atom is 0.287 e. The van der Waals surface area contributed by atoms with E-state index in [1.807, 2.05) is 0 Å². The first-order chi connectivity index (χ1) is 11.4. The van der Waals surface area contributed by atoms with Gasteiger partial charge in [0.2, 0.25) is 0 Å². The van der Waals surface area contributed by atoms with Crippen molar-refractivity contribution in [3.63, 3.8) is 0 Å². The van der Waals surface area contributed by atoms with E-state index in [1.54, 1.807) is 12.3 Å². The van der Waals surface area contributed by atoms with E-state index in [9.17, 15) is 8.78 Å². The van der Waals surface area contributed by atoms with Crippen LogP contribution in [0, 0.1) is 0 Å². The van der Waals surface area contributed by atoms with Gasteiger partial charge in [0.05, 0.1) is 10.9 Å². The van der Waals surface area contributed by atoms with Crippen LogP contribution >= 0.6 is 11.6 Å². The minimum Gasteiger partial charge on any atom is -0.354 e. The van der Waals surface area contributed by atoms with E-state index in [1.165, 1.54) is 10.7 Å². The molecule has 24 heavy (non-hydrogen) atoms. The fourth-order valence-electron chi connectivity index (χ4n) is 2.61. The number of alkyl halides is 2. The molecule has 4 heterocycles. The van der Waals surface area contributed by atoms with Gasteiger partial charge >= 0.3 is 0 Å². The molecular formula is C15H13ClF2N6. The van der Waals surface area contributed by atoms with Crippen molar-refractivity contribution in [3.8, 4) is 5.82 Å². The summed E-state index contributed by atoms with van der Waals surface area (Å²) in [5.74, 6) is -2.04. The van der Waals surface area contributed by atoms with Crippen molar-refractivity contribution in [1.29, 1.82) is 0 Å².